The van der Waals surface area contributed by atoms with E-state index in [-0.39, 0.29) is 25.4 Å². The second kappa shape index (κ2) is 12.1. The largest absolute Gasteiger partial charge is 0.508 e. The molecule has 0 heterocycles. The van der Waals surface area contributed by atoms with Crippen LogP contribution in [0.2, 0.25) is 0 Å². The molecular formula is C27H26N2O7. The van der Waals surface area contributed by atoms with Crippen LogP contribution in [0.15, 0.2) is 72.8 Å². The molecule has 3 aromatic carbocycles. The molecule has 0 saturated carbocycles. The van der Waals surface area contributed by atoms with Crippen LogP contribution in [0.3, 0.4) is 0 Å². The van der Waals surface area contributed by atoms with Gasteiger partial charge in [0.05, 0.1) is 14.2 Å². The van der Waals surface area contributed by atoms with E-state index in [1.165, 1.54) is 12.1 Å². The lowest BCUT2D eigenvalue weighted by Gasteiger charge is -2.25. The molecule has 1 atom stereocenters. The highest BCUT2D eigenvalue weighted by molar-refractivity contribution is 5.89. The minimum Gasteiger partial charge on any atom is -0.508 e. The lowest BCUT2D eigenvalue weighted by Crippen LogP contribution is -2.56. The van der Waals surface area contributed by atoms with Crippen molar-refractivity contribution < 1.29 is 33.6 Å². The van der Waals surface area contributed by atoms with E-state index in [4.69, 9.17) is 18.9 Å². The molecule has 0 bridgehead atoms. The van der Waals surface area contributed by atoms with Gasteiger partial charge in [-0.3, -0.25) is 5.32 Å². The number of rotatable bonds is 10. The molecule has 186 valence electrons. The van der Waals surface area contributed by atoms with Crippen LogP contribution in [0, 0.1) is 11.3 Å². The lowest BCUT2D eigenvalue weighted by molar-refractivity contribution is -0.150. The average Bonchev–Trinajstić information content (AvgIpc) is 2.91. The van der Waals surface area contributed by atoms with Gasteiger partial charge in [0.2, 0.25) is 5.54 Å². The average molecular weight is 491 g/mol. The summed E-state index contributed by atoms with van der Waals surface area (Å²) < 4.78 is 20.9. The van der Waals surface area contributed by atoms with Crippen molar-refractivity contribution in [2.75, 3.05) is 14.2 Å². The molecular weight excluding hydrogens is 464 g/mol. The summed E-state index contributed by atoms with van der Waals surface area (Å²) in [5.41, 5.74) is -0.191. The Morgan fingerprint density at radius 1 is 0.806 bits per heavy atom. The summed E-state index contributed by atoms with van der Waals surface area (Å²) >= 11 is 0. The van der Waals surface area contributed by atoms with Crippen LogP contribution in [0.5, 0.6) is 17.2 Å². The van der Waals surface area contributed by atoms with Crippen LogP contribution in [0.4, 0.5) is 4.79 Å². The molecule has 9 nitrogen and oxygen atoms in total. The molecule has 3 aromatic rings. The van der Waals surface area contributed by atoms with Crippen molar-refractivity contribution in [2.24, 2.45) is 0 Å². The van der Waals surface area contributed by atoms with E-state index in [0.29, 0.717) is 28.2 Å². The number of phenols is 1. The molecule has 36 heavy (non-hydrogen) atoms. The summed E-state index contributed by atoms with van der Waals surface area (Å²) in [5, 5.41) is 22.0. The summed E-state index contributed by atoms with van der Waals surface area (Å²) in [6.07, 6.45) is -1.17. The van der Waals surface area contributed by atoms with Crippen LogP contribution in [-0.4, -0.2) is 36.9 Å². The minimum absolute atomic E-state index is 0.0234. The number of carbonyl (C=O) groups is 2. The highest BCUT2D eigenvalue weighted by Gasteiger charge is 2.43. The maximum atomic E-state index is 13.1. The molecule has 0 aromatic heterocycles. The summed E-state index contributed by atoms with van der Waals surface area (Å²) in [7, 11) is 3.08. The Labute approximate surface area is 208 Å². The first-order chi connectivity index (χ1) is 17.4. The van der Waals surface area contributed by atoms with Gasteiger partial charge in [-0.15, -0.1) is 0 Å². The van der Waals surface area contributed by atoms with Crippen molar-refractivity contribution in [3.8, 4) is 23.3 Å². The second-order valence-corrected chi connectivity index (χ2v) is 7.83. The van der Waals surface area contributed by atoms with Gasteiger partial charge in [0.15, 0.2) is 0 Å². The van der Waals surface area contributed by atoms with Crippen molar-refractivity contribution in [1.82, 2.24) is 5.32 Å². The van der Waals surface area contributed by atoms with E-state index in [2.05, 4.69) is 5.32 Å². The zero-order valence-electron chi connectivity index (χ0n) is 19.9. The van der Waals surface area contributed by atoms with E-state index < -0.39 is 17.6 Å². The normalized spacial score (nSPS) is 11.9. The van der Waals surface area contributed by atoms with Gasteiger partial charge >= 0.3 is 12.1 Å². The van der Waals surface area contributed by atoms with Crippen molar-refractivity contribution in [2.45, 2.75) is 25.2 Å². The summed E-state index contributed by atoms with van der Waals surface area (Å²) in [5.74, 6) is 0.371. The van der Waals surface area contributed by atoms with Gasteiger partial charge in [0.1, 0.15) is 36.5 Å². The lowest BCUT2D eigenvalue weighted by atomic mass is 9.92. The first-order valence-electron chi connectivity index (χ1n) is 10.9. The zero-order chi connectivity index (χ0) is 26.0. The number of alkyl carbamates (subject to hydrolysis) is 1. The van der Waals surface area contributed by atoms with Crippen molar-refractivity contribution >= 4 is 12.1 Å². The predicted octanol–water partition coefficient (Wildman–Crippen LogP) is 3.88. The fourth-order valence-corrected chi connectivity index (χ4v) is 3.28. The van der Waals surface area contributed by atoms with Gasteiger partial charge in [-0.1, -0.05) is 36.4 Å². The maximum absolute atomic E-state index is 13.1. The topological polar surface area (TPSA) is 127 Å². The Bertz CT molecular complexity index is 1200. The van der Waals surface area contributed by atoms with Crippen LogP contribution < -0.4 is 14.8 Å². The molecule has 0 spiro atoms. The fraction of sp³-hybridized carbons (Fsp3) is 0.222. The predicted molar refractivity (Wildman–Crippen MR) is 129 cm³/mol. The maximum Gasteiger partial charge on any atom is 0.409 e. The van der Waals surface area contributed by atoms with Gasteiger partial charge in [0, 0.05) is 6.42 Å². The molecule has 3 rings (SSSR count). The fourth-order valence-electron chi connectivity index (χ4n) is 3.28. The number of esters is 1. The zero-order valence-corrected chi connectivity index (χ0v) is 19.9. The number of benzene rings is 3. The van der Waals surface area contributed by atoms with Gasteiger partial charge in [-0.05, 0) is 53.1 Å². The Hall–Kier alpha value is -4.71. The first kappa shape index (κ1) is 25.9. The Morgan fingerprint density at radius 3 is 1.75 bits per heavy atom. The van der Waals surface area contributed by atoms with Gasteiger partial charge in [-0.25, -0.2) is 9.59 Å². The molecule has 0 saturated heterocycles. The summed E-state index contributed by atoms with van der Waals surface area (Å²) in [6, 6.07) is 21.6. The third kappa shape index (κ3) is 6.90. The molecule has 1 unspecified atom stereocenters. The van der Waals surface area contributed by atoms with Gasteiger partial charge < -0.3 is 24.1 Å². The third-order valence-electron chi connectivity index (χ3n) is 5.32. The Kier molecular flexibility index (Phi) is 8.73. The van der Waals surface area contributed by atoms with Crippen LogP contribution in [0.25, 0.3) is 0 Å². The number of hydrogen-bond donors (Lipinski definition) is 2. The van der Waals surface area contributed by atoms with Crippen molar-refractivity contribution in [1.29, 1.82) is 5.26 Å². The number of aromatic hydroxyl groups is 1. The number of amides is 1. The molecule has 0 aliphatic heterocycles. The summed E-state index contributed by atoms with van der Waals surface area (Å²) in [4.78, 5) is 25.8. The van der Waals surface area contributed by atoms with Crippen LogP contribution in [-0.2, 0) is 33.9 Å². The first-order valence-corrected chi connectivity index (χ1v) is 10.9. The molecule has 0 radical (unpaired) electrons. The SMILES string of the molecule is COc1ccc(COC(=O)NC(C#N)(Cc2ccc(O)cc2)C(=O)OCc2ccc(OC)cc2)cc1. The van der Waals surface area contributed by atoms with Crippen LogP contribution >= 0.6 is 0 Å². The Balaban J connectivity index is 1.74. The number of nitrogens with one attached hydrogen (secondary N) is 1. The third-order valence-corrected chi connectivity index (χ3v) is 5.32. The van der Waals surface area contributed by atoms with Gasteiger partial charge in [0.25, 0.3) is 0 Å². The van der Waals surface area contributed by atoms with Crippen LogP contribution in [0.1, 0.15) is 16.7 Å². The number of hydrogen-bond acceptors (Lipinski definition) is 8. The standard InChI is InChI=1S/C27H26N2O7/c1-33-23-11-5-20(6-12-23)16-35-25(31)27(18-28,15-19-3-9-22(30)10-4-19)29-26(32)36-17-21-7-13-24(34-2)14-8-21/h3-14,30H,15-17H2,1-2H3,(H,29,32). The number of nitriles is 1. The number of nitrogens with zero attached hydrogens (tertiary/aromatic N) is 1. The molecule has 0 fully saturated rings. The van der Waals surface area contributed by atoms with Crippen molar-refractivity contribution in [3.05, 3.63) is 89.5 Å². The highest BCUT2D eigenvalue weighted by Crippen LogP contribution is 2.20. The second-order valence-electron chi connectivity index (χ2n) is 7.83. The minimum atomic E-state index is -2.07. The molecule has 1 amide bonds. The quantitative estimate of drug-likeness (QED) is 0.410. The molecule has 9 heteroatoms. The summed E-state index contributed by atoms with van der Waals surface area (Å²) in [6.45, 7) is -0.206. The Morgan fingerprint density at radius 2 is 1.28 bits per heavy atom. The van der Waals surface area contributed by atoms with E-state index in [1.807, 2.05) is 6.07 Å². The number of carbonyl (C=O) groups excluding carboxylic acids is 2. The van der Waals surface area contributed by atoms with E-state index in [9.17, 15) is 20.0 Å². The van der Waals surface area contributed by atoms with E-state index in [0.717, 1.165) is 0 Å². The number of phenolic OH excluding ortho intramolecular Hbond substituents is 1. The van der Waals surface area contributed by atoms with Gasteiger partial charge in [-0.2, -0.15) is 5.26 Å². The monoisotopic (exact) mass is 490 g/mol. The molecule has 0 aliphatic carbocycles. The smallest absolute Gasteiger partial charge is 0.409 e. The van der Waals surface area contributed by atoms with E-state index >= 15 is 0 Å². The highest BCUT2D eigenvalue weighted by atomic mass is 16.6. The number of ether oxygens (including phenoxy) is 4. The van der Waals surface area contributed by atoms with Crippen molar-refractivity contribution in [3.63, 3.8) is 0 Å². The number of methoxy groups -OCH3 is 2. The molecule has 0 aliphatic rings. The molecule has 2 N–H and O–H groups in total. The van der Waals surface area contributed by atoms with E-state index in [1.54, 1.807) is 74.9 Å².